The number of fused-ring (bicyclic) bond motifs is 1. The predicted molar refractivity (Wildman–Crippen MR) is 61.5 cm³/mol. The van der Waals surface area contributed by atoms with E-state index in [1.54, 1.807) is 0 Å². The molecule has 2 heteroatoms. The summed E-state index contributed by atoms with van der Waals surface area (Å²) < 4.78 is 0. The largest absolute Gasteiger partial charge is 0.339 e. The van der Waals surface area contributed by atoms with Gasteiger partial charge in [-0.05, 0) is 31.6 Å². The van der Waals surface area contributed by atoms with Gasteiger partial charge in [-0.1, -0.05) is 25.8 Å². The Hall–Kier alpha value is -0.790. The first-order chi connectivity index (χ1) is 7.18. The van der Waals surface area contributed by atoms with Crippen molar-refractivity contribution < 1.29 is 4.79 Å². The normalized spacial score (nSPS) is 30.9. The molecule has 1 aliphatic carbocycles. The summed E-state index contributed by atoms with van der Waals surface area (Å²) in [6, 6.07) is 0. The molecular weight excluding hydrogens is 186 g/mol. The molecule has 2 fully saturated rings. The minimum Gasteiger partial charge on any atom is -0.339 e. The van der Waals surface area contributed by atoms with Crippen molar-refractivity contribution in [1.29, 1.82) is 0 Å². The molecule has 2 rings (SSSR count). The fraction of sp³-hybridized carbons (Fsp3) is 0.769. The van der Waals surface area contributed by atoms with Crippen LogP contribution in [0.4, 0.5) is 0 Å². The molecule has 2 atom stereocenters. The highest BCUT2D eigenvalue weighted by molar-refractivity contribution is 5.92. The minimum absolute atomic E-state index is 0.166. The van der Waals surface area contributed by atoms with Crippen LogP contribution in [0.15, 0.2) is 12.2 Å². The fourth-order valence-electron chi connectivity index (χ4n) is 3.06. The molecule has 84 valence electrons. The van der Waals surface area contributed by atoms with Gasteiger partial charge < -0.3 is 4.90 Å². The minimum atomic E-state index is 0.166. The van der Waals surface area contributed by atoms with E-state index in [1.165, 1.54) is 32.1 Å². The molecule has 1 heterocycles. The van der Waals surface area contributed by atoms with Crippen molar-refractivity contribution in [3.8, 4) is 0 Å². The van der Waals surface area contributed by atoms with Gasteiger partial charge in [-0.3, -0.25) is 4.79 Å². The number of hydrogen-bond donors (Lipinski definition) is 0. The standard InChI is InChI=1S/C13H21NO/c1-10(2)13(15)14-8-7-11-5-3-4-6-12(11)9-14/h11-12H,1,3-9H2,2H3/t11-,12?/m1/s1. The summed E-state index contributed by atoms with van der Waals surface area (Å²) in [5.41, 5.74) is 0.684. The van der Waals surface area contributed by atoms with E-state index in [0.717, 1.165) is 24.9 Å². The number of nitrogens with zero attached hydrogens (tertiary/aromatic N) is 1. The quantitative estimate of drug-likeness (QED) is 0.605. The van der Waals surface area contributed by atoms with Gasteiger partial charge in [-0.15, -0.1) is 0 Å². The maximum Gasteiger partial charge on any atom is 0.248 e. The zero-order valence-electron chi connectivity index (χ0n) is 9.67. The van der Waals surface area contributed by atoms with E-state index in [0.29, 0.717) is 5.57 Å². The van der Waals surface area contributed by atoms with Crippen LogP contribution >= 0.6 is 0 Å². The molecule has 0 aromatic rings. The third-order valence-corrected chi connectivity index (χ3v) is 3.94. The second-order valence-electron chi connectivity index (χ2n) is 5.12. The number of rotatable bonds is 1. The highest BCUT2D eigenvalue weighted by Crippen LogP contribution is 2.36. The molecule has 1 saturated carbocycles. The third-order valence-electron chi connectivity index (χ3n) is 3.94. The van der Waals surface area contributed by atoms with Crippen LogP contribution in [0.3, 0.4) is 0 Å². The summed E-state index contributed by atoms with van der Waals surface area (Å²) >= 11 is 0. The molecule has 1 amide bonds. The first kappa shape index (κ1) is 10.7. The molecule has 0 N–H and O–H groups in total. The Labute approximate surface area is 92.3 Å². The van der Waals surface area contributed by atoms with Crippen LogP contribution in [0.2, 0.25) is 0 Å². The highest BCUT2D eigenvalue weighted by Gasteiger charge is 2.32. The van der Waals surface area contributed by atoms with Gasteiger partial charge in [0, 0.05) is 18.7 Å². The van der Waals surface area contributed by atoms with E-state index in [4.69, 9.17) is 0 Å². The predicted octanol–water partition coefficient (Wildman–Crippen LogP) is 2.60. The third kappa shape index (κ3) is 2.24. The van der Waals surface area contributed by atoms with Crippen LogP contribution in [0.5, 0.6) is 0 Å². The second-order valence-corrected chi connectivity index (χ2v) is 5.12. The first-order valence-electron chi connectivity index (χ1n) is 6.13. The summed E-state index contributed by atoms with van der Waals surface area (Å²) in [6.07, 6.45) is 6.68. The van der Waals surface area contributed by atoms with E-state index in [-0.39, 0.29) is 5.91 Å². The number of carbonyl (C=O) groups excluding carboxylic acids is 1. The first-order valence-corrected chi connectivity index (χ1v) is 6.13. The average Bonchev–Trinajstić information content (AvgIpc) is 2.27. The van der Waals surface area contributed by atoms with Crippen LogP contribution in [0.25, 0.3) is 0 Å². The Kier molecular flexibility index (Phi) is 3.13. The monoisotopic (exact) mass is 207 g/mol. The summed E-state index contributed by atoms with van der Waals surface area (Å²) in [5, 5.41) is 0. The molecule has 1 saturated heterocycles. The van der Waals surface area contributed by atoms with E-state index in [1.807, 2.05) is 11.8 Å². The van der Waals surface area contributed by atoms with Gasteiger partial charge in [0.25, 0.3) is 0 Å². The summed E-state index contributed by atoms with van der Waals surface area (Å²) in [6.45, 7) is 7.49. The topological polar surface area (TPSA) is 20.3 Å². The maximum absolute atomic E-state index is 11.8. The Morgan fingerprint density at radius 3 is 2.53 bits per heavy atom. The Balaban J connectivity index is 1.96. The highest BCUT2D eigenvalue weighted by atomic mass is 16.2. The number of piperidine rings is 1. The van der Waals surface area contributed by atoms with Gasteiger partial charge in [0.1, 0.15) is 0 Å². The average molecular weight is 207 g/mol. The van der Waals surface area contributed by atoms with Crippen LogP contribution in [0, 0.1) is 11.8 Å². The maximum atomic E-state index is 11.8. The molecule has 1 unspecified atom stereocenters. The van der Waals surface area contributed by atoms with Crippen molar-refractivity contribution in [2.45, 2.75) is 39.0 Å². The molecule has 0 aromatic carbocycles. The molecule has 15 heavy (non-hydrogen) atoms. The van der Waals surface area contributed by atoms with Gasteiger partial charge in [0.2, 0.25) is 5.91 Å². The Bertz CT molecular complexity index is 272. The van der Waals surface area contributed by atoms with Crippen LogP contribution in [-0.4, -0.2) is 23.9 Å². The van der Waals surface area contributed by atoms with Gasteiger partial charge in [-0.2, -0.15) is 0 Å². The lowest BCUT2D eigenvalue weighted by Gasteiger charge is -2.41. The molecule has 2 aliphatic rings. The number of hydrogen-bond acceptors (Lipinski definition) is 1. The van der Waals surface area contributed by atoms with Crippen molar-refractivity contribution in [2.75, 3.05) is 13.1 Å². The molecule has 0 bridgehead atoms. The number of amides is 1. The molecule has 0 spiro atoms. The van der Waals surface area contributed by atoms with E-state index in [2.05, 4.69) is 6.58 Å². The summed E-state index contributed by atoms with van der Waals surface area (Å²) in [7, 11) is 0. The van der Waals surface area contributed by atoms with Crippen molar-refractivity contribution in [3.63, 3.8) is 0 Å². The lowest BCUT2D eigenvalue weighted by molar-refractivity contribution is -0.130. The molecular formula is C13H21NO. The number of likely N-dealkylation sites (tertiary alicyclic amines) is 1. The van der Waals surface area contributed by atoms with Crippen molar-refractivity contribution in [2.24, 2.45) is 11.8 Å². The zero-order chi connectivity index (χ0) is 10.8. The summed E-state index contributed by atoms with van der Waals surface area (Å²) in [4.78, 5) is 13.8. The Morgan fingerprint density at radius 1 is 1.20 bits per heavy atom. The molecule has 0 aromatic heterocycles. The summed E-state index contributed by atoms with van der Waals surface area (Å²) in [5.74, 6) is 1.84. The SMILES string of the molecule is C=C(C)C(=O)N1CC[C@H]2CCCCC2C1. The van der Waals surface area contributed by atoms with Crippen molar-refractivity contribution >= 4 is 5.91 Å². The molecule has 2 nitrogen and oxygen atoms in total. The fourth-order valence-corrected chi connectivity index (χ4v) is 3.06. The molecule has 1 aliphatic heterocycles. The van der Waals surface area contributed by atoms with Gasteiger partial charge in [0.15, 0.2) is 0 Å². The smallest absolute Gasteiger partial charge is 0.248 e. The zero-order valence-corrected chi connectivity index (χ0v) is 9.67. The van der Waals surface area contributed by atoms with Gasteiger partial charge in [-0.25, -0.2) is 0 Å². The van der Waals surface area contributed by atoms with Gasteiger partial charge >= 0.3 is 0 Å². The molecule has 0 radical (unpaired) electrons. The lowest BCUT2D eigenvalue weighted by atomic mass is 9.75. The lowest BCUT2D eigenvalue weighted by Crippen LogP contribution is -2.44. The number of carbonyl (C=O) groups is 1. The van der Waals surface area contributed by atoms with E-state index in [9.17, 15) is 4.79 Å². The van der Waals surface area contributed by atoms with Crippen molar-refractivity contribution in [1.82, 2.24) is 4.90 Å². The van der Waals surface area contributed by atoms with Crippen LogP contribution < -0.4 is 0 Å². The second kappa shape index (κ2) is 4.38. The van der Waals surface area contributed by atoms with Crippen LogP contribution in [0.1, 0.15) is 39.0 Å². The van der Waals surface area contributed by atoms with E-state index >= 15 is 0 Å². The van der Waals surface area contributed by atoms with Crippen molar-refractivity contribution in [3.05, 3.63) is 12.2 Å². The van der Waals surface area contributed by atoms with Crippen LogP contribution in [-0.2, 0) is 4.79 Å². The Morgan fingerprint density at radius 2 is 1.87 bits per heavy atom. The van der Waals surface area contributed by atoms with Gasteiger partial charge in [0.05, 0.1) is 0 Å². The van der Waals surface area contributed by atoms with E-state index < -0.39 is 0 Å².